The van der Waals surface area contributed by atoms with Crippen molar-refractivity contribution in [1.29, 1.82) is 0 Å². The molecule has 3 aliphatic rings. The van der Waals surface area contributed by atoms with Crippen LogP contribution >= 0.6 is 11.6 Å². The molecule has 0 bridgehead atoms. The summed E-state index contributed by atoms with van der Waals surface area (Å²) in [5.74, 6) is -0.373. The standard InChI is InChI=1S/C34H47ClN6O6/c1-33(2,3)28(39-32(45)40-34(4,5)6)31(44)41-17-22(47-26-13-12-21(35)16-36-26)15-25(41)29(43)37-23(14-19-8-7-9-19)27(42)30-38-24(18-46-30)20-10-11-20/h12-13,16,18-20,22-23,25,28H,7-11,14-15,17H2,1-6H3,(H,37,43)(H2,39,40,45)/t22-,23?,25+,28-/m1/s1. The number of halogens is 1. The fraction of sp³-hybridized carbons (Fsp3) is 0.647. The molecule has 3 fully saturated rings. The topological polar surface area (TPSA) is 156 Å². The van der Waals surface area contributed by atoms with Crippen molar-refractivity contribution in [3.8, 4) is 5.88 Å². The Hall–Kier alpha value is -3.67. The van der Waals surface area contributed by atoms with Gasteiger partial charge in [0, 0.05) is 30.1 Å². The molecule has 1 unspecified atom stereocenters. The van der Waals surface area contributed by atoms with E-state index in [1.54, 1.807) is 12.1 Å². The lowest BCUT2D eigenvalue weighted by atomic mass is 9.80. The van der Waals surface area contributed by atoms with Crippen molar-refractivity contribution in [1.82, 2.24) is 30.8 Å². The van der Waals surface area contributed by atoms with E-state index >= 15 is 0 Å². The van der Waals surface area contributed by atoms with Crippen molar-refractivity contribution in [3.63, 3.8) is 0 Å². The van der Waals surface area contributed by atoms with Gasteiger partial charge in [-0.05, 0) is 57.4 Å². The van der Waals surface area contributed by atoms with Crippen LogP contribution in [0.5, 0.6) is 5.88 Å². The summed E-state index contributed by atoms with van der Waals surface area (Å²) in [6, 6.07) is -0.0201. The number of carbonyl (C=O) groups is 4. The number of carbonyl (C=O) groups excluding carboxylic acids is 4. The minimum absolute atomic E-state index is 0.00671. The van der Waals surface area contributed by atoms with Gasteiger partial charge in [-0.1, -0.05) is 51.6 Å². The van der Waals surface area contributed by atoms with Crippen molar-refractivity contribution in [2.45, 2.75) is 122 Å². The molecular weight excluding hydrogens is 624 g/mol. The predicted octanol–water partition coefficient (Wildman–Crippen LogP) is 5.02. The zero-order chi connectivity index (χ0) is 34.1. The van der Waals surface area contributed by atoms with Crippen LogP contribution in [0.2, 0.25) is 5.02 Å². The van der Waals surface area contributed by atoms with Gasteiger partial charge < -0.3 is 30.0 Å². The smallest absolute Gasteiger partial charge is 0.315 e. The lowest BCUT2D eigenvalue weighted by Crippen LogP contribution is -2.61. The largest absolute Gasteiger partial charge is 0.472 e. The Morgan fingerprint density at radius 2 is 1.79 bits per heavy atom. The van der Waals surface area contributed by atoms with Crippen LogP contribution in [-0.2, 0) is 9.59 Å². The van der Waals surface area contributed by atoms with Crippen molar-refractivity contribution in [2.75, 3.05) is 6.54 Å². The number of Topliss-reactive ketones (excluding diaryl/α,β-unsaturated/α-hetero) is 1. The summed E-state index contributed by atoms with van der Waals surface area (Å²) in [5, 5.41) is 9.10. The zero-order valence-electron chi connectivity index (χ0n) is 28.1. The first-order chi connectivity index (χ1) is 22.1. The number of rotatable bonds is 11. The highest BCUT2D eigenvalue weighted by molar-refractivity contribution is 6.30. The molecule has 2 saturated carbocycles. The monoisotopic (exact) mass is 670 g/mol. The SMILES string of the molecule is CC(C)(C)NC(=O)N[C@H](C(=O)N1C[C@H](Oc2ccc(Cl)cn2)C[C@H]1C(=O)NC(CC1CCC1)C(=O)c1nc(C2CC2)co1)C(C)(C)C. The summed E-state index contributed by atoms with van der Waals surface area (Å²) >= 11 is 6.00. The molecule has 0 radical (unpaired) electrons. The molecule has 4 amide bonds. The molecule has 2 aliphatic carbocycles. The fourth-order valence-corrected chi connectivity index (χ4v) is 6.09. The number of ether oxygens (including phenoxy) is 1. The van der Waals surface area contributed by atoms with Crippen LogP contribution in [0.3, 0.4) is 0 Å². The number of likely N-dealkylation sites (tertiary alicyclic amines) is 1. The first-order valence-corrected chi connectivity index (χ1v) is 16.9. The minimum Gasteiger partial charge on any atom is -0.472 e. The number of hydrogen-bond donors (Lipinski definition) is 3. The highest BCUT2D eigenvalue weighted by Gasteiger charge is 2.47. The van der Waals surface area contributed by atoms with Crippen molar-refractivity contribution in [3.05, 3.63) is 41.2 Å². The third-order valence-corrected chi connectivity index (χ3v) is 9.09. The molecule has 2 aromatic rings. The third kappa shape index (κ3) is 9.03. The number of ketones is 1. The Bertz CT molecular complexity index is 1460. The van der Waals surface area contributed by atoms with E-state index in [4.69, 9.17) is 20.8 Å². The van der Waals surface area contributed by atoms with Crippen molar-refractivity contribution in [2.24, 2.45) is 11.3 Å². The lowest BCUT2D eigenvalue weighted by molar-refractivity contribution is -0.142. The Balaban J connectivity index is 1.38. The molecule has 3 N–H and O–H groups in total. The maximum atomic E-state index is 14.3. The molecule has 0 spiro atoms. The molecule has 256 valence electrons. The molecule has 13 heteroatoms. The van der Waals surface area contributed by atoms with E-state index in [0.717, 1.165) is 37.8 Å². The van der Waals surface area contributed by atoms with Crippen LogP contribution in [0, 0.1) is 11.3 Å². The van der Waals surface area contributed by atoms with Gasteiger partial charge >= 0.3 is 6.03 Å². The number of aromatic nitrogens is 2. The second kappa shape index (κ2) is 13.8. The molecule has 5 rings (SSSR count). The van der Waals surface area contributed by atoms with E-state index < -0.39 is 53.0 Å². The molecule has 1 saturated heterocycles. The van der Waals surface area contributed by atoms with Gasteiger partial charge in [-0.15, -0.1) is 0 Å². The van der Waals surface area contributed by atoms with E-state index in [1.807, 2.05) is 41.5 Å². The van der Waals surface area contributed by atoms with Gasteiger partial charge in [-0.3, -0.25) is 14.4 Å². The zero-order valence-corrected chi connectivity index (χ0v) is 28.9. The number of amides is 4. The summed E-state index contributed by atoms with van der Waals surface area (Å²) in [7, 11) is 0. The van der Waals surface area contributed by atoms with Gasteiger partial charge in [-0.25, -0.2) is 14.8 Å². The molecule has 0 aromatic carbocycles. The summed E-state index contributed by atoms with van der Waals surface area (Å²) in [5.41, 5.74) is -0.459. The van der Waals surface area contributed by atoms with Crippen LogP contribution in [0.4, 0.5) is 4.79 Å². The van der Waals surface area contributed by atoms with E-state index in [9.17, 15) is 19.2 Å². The molecule has 1 aliphatic heterocycles. The van der Waals surface area contributed by atoms with E-state index in [-0.39, 0.29) is 24.6 Å². The Labute approximate surface area is 281 Å². The predicted molar refractivity (Wildman–Crippen MR) is 175 cm³/mol. The average molecular weight is 671 g/mol. The summed E-state index contributed by atoms with van der Waals surface area (Å²) < 4.78 is 11.7. The molecule has 4 atom stereocenters. The Morgan fingerprint density at radius 1 is 1.06 bits per heavy atom. The van der Waals surface area contributed by atoms with Crippen molar-refractivity contribution >= 4 is 35.2 Å². The van der Waals surface area contributed by atoms with Crippen LogP contribution in [0.25, 0.3) is 0 Å². The van der Waals surface area contributed by atoms with Gasteiger partial charge in [0.2, 0.25) is 23.5 Å². The van der Waals surface area contributed by atoms with Crippen LogP contribution < -0.4 is 20.7 Å². The first kappa shape index (κ1) is 34.7. The third-order valence-electron chi connectivity index (χ3n) is 8.87. The number of nitrogens with one attached hydrogen (secondary N) is 3. The van der Waals surface area contributed by atoms with Gasteiger partial charge in [0.15, 0.2) is 0 Å². The molecule has 2 aromatic heterocycles. The number of oxazole rings is 1. The highest BCUT2D eigenvalue weighted by atomic mass is 35.5. The van der Waals surface area contributed by atoms with Crippen molar-refractivity contribution < 1.29 is 28.3 Å². The van der Waals surface area contributed by atoms with Gasteiger partial charge in [0.1, 0.15) is 24.5 Å². The Kier molecular flexibility index (Phi) is 10.2. The number of hydrogen-bond acceptors (Lipinski definition) is 8. The normalized spacial score (nSPS) is 21.4. The number of urea groups is 1. The Morgan fingerprint density at radius 3 is 2.36 bits per heavy atom. The van der Waals surface area contributed by atoms with Gasteiger partial charge in [0.05, 0.1) is 23.3 Å². The van der Waals surface area contributed by atoms with Gasteiger partial charge in [0.25, 0.3) is 5.89 Å². The lowest BCUT2D eigenvalue weighted by Gasteiger charge is -2.36. The second-order valence-corrected chi connectivity index (χ2v) is 15.7. The minimum atomic E-state index is -0.972. The fourth-order valence-electron chi connectivity index (χ4n) is 5.98. The molecule has 3 heterocycles. The summed E-state index contributed by atoms with van der Waals surface area (Å²) in [6.07, 6.45) is 8.10. The van der Waals surface area contributed by atoms with E-state index in [2.05, 4.69) is 25.9 Å². The first-order valence-electron chi connectivity index (χ1n) is 16.5. The summed E-state index contributed by atoms with van der Waals surface area (Å²) in [6.45, 7) is 11.2. The molecule has 47 heavy (non-hydrogen) atoms. The molecular formula is C34H47ClN6O6. The average Bonchev–Trinajstić information content (AvgIpc) is 3.53. The van der Waals surface area contributed by atoms with Crippen LogP contribution in [-0.4, -0.2) is 74.8 Å². The summed E-state index contributed by atoms with van der Waals surface area (Å²) in [4.78, 5) is 65.2. The van der Waals surface area contributed by atoms with E-state index in [0.29, 0.717) is 29.2 Å². The quantitative estimate of drug-likeness (QED) is 0.282. The van der Waals surface area contributed by atoms with E-state index in [1.165, 1.54) is 17.4 Å². The number of nitrogens with zero attached hydrogens (tertiary/aromatic N) is 3. The highest BCUT2D eigenvalue weighted by Crippen LogP contribution is 2.39. The maximum Gasteiger partial charge on any atom is 0.315 e. The van der Waals surface area contributed by atoms with Crippen LogP contribution in [0.15, 0.2) is 29.0 Å². The molecule has 12 nitrogen and oxygen atoms in total. The van der Waals surface area contributed by atoms with Gasteiger partial charge in [-0.2, -0.15) is 0 Å². The van der Waals surface area contributed by atoms with Crippen LogP contribution in [0.1, 0.15) is 109 Å². The second-order valence-electron chi connectivity index (χ2n) is 15.3. The number of pyridine rings is 1. The maximum absolute atomic E-state index is 14.3.